The Hall–Kier alpha value is -3.16. The zero-order chi connectivity index (χ0) is 20.8. The van der Waals surface area contributed by atoms with E-state index in [9.17, 15) is 18.4 Å². The van der Waals surface area contributed by atoms with Gasteiger partial charge in [-0.3, -0.25) is 9.59 Å². The van der Waals surface area contributed by atoms with Gasteiger partial charge in [0.05, 0.1) is 13.7 Å². The van der Waals surface area contributed by atoms with Gasteiger partial charge >= 0.3 is 6.61 Å². The van der Waals surface area contributed by atoms with E-state index in [0.717, 1.165) is 11.1 Å². The van der Waals surface area contributed by atoms with E-state index in [2.05, 4.69) is 10.1 Å². The van der Waals surface area contributed by atoms with Gasteiger partial charge in [0.2, 0.25) is 5.91 Å². The average Bonchev–Trinajstić information content (AvgIpc) is 2.64. The Kier molecular flexibility index (Phi) is 6.92. The van der Waals surface area contributed by atoms with Crippen LogP contribution in [-0.4, -0.2) is 44.0 Å². The summed E-state index contributed by atoms with van der Waals surface area (Å²) >= 11 is 0. The van der Waals surface area contributed by atoms with Crippen LogP contribution >= 0.6 is 0 Å². The fourth-order valence-corrected chi connectivity index (χ4v) is 2.58. The lowest BCUT2D eigenvalue weighted by atomic mass is 10.1. The van der Waals surface area contributed by atoms with E-state index in [-0.39, 0.29) is 29.5 Å². The number of likely N-dealkylation sites (N-methyl/N-ethyl adjacent to an activating group) is 1. The summed E-state index contributed by atoms with van der Waals surface area (Å²) in [6, 6.07) is 9.41. The number of carbonyl (C=O) groups excluding carboxylic acids is 2. The number of halogens is 2. The number of rotatable bonds is 7. The lowest BCUT2D eigenvalue weighted by Gasteiger charge is -2.18. The SMILES string of the molecule is COc1cc(C(=O)N(C)CC(=O)Nc2cccc(C)c2C)ccc1OC(F)F. The Labute approximate surface area is 162 Å². The first kappa shape index (κ1) is 21.1. The molecule has 0 bridgehead atoms. The van der Waals surface area contributed by atoms with Gasteiger partial charge in [-0.15, -0.1) is 0 Å². The van der Waals surface area contributed by atoms with Crippen LogP contribution in [-0.2, 0) is 4.79 Å². The maximum atomic E-state index is 12.6. The van der Waals surface area contributed by atoms with Crippen molar-refractivity contribution in [2.75, 3.05) is 26.0 Å². The molecule has 0 saturated carbocycles. The van der Waals surface area contributed by atoms with Gasteiger partial charge in [0.15, 0.2) is 11.5 Å². The third-order valence-electron chi connectivity index (χ3n) is 4.23. The highest BCUT2D eigenvalue weighted by Crippen LogP contribution is 2.29. The van der Waals surface area contributed by atoms with Gasteiger partial charge in [-0.2, -0.15) is 8.78 Å². The van der Waals surface area contributed by atoms with Crippen molar-refractivity contribution in [2.45, 2.75) is 20.5 Å². The molecule has 0 saturated heterocycles. The molecule has 0 fully saturated rings. The van der Waals surface area contributed by atoms with E-state index < -0.39 is 12.5 Å². The summed E-state index contributed by atoms with van der Waals surface area (Å²) in [5.41, 5.74) is 2.85. The van der Waals surface area contributed by atoms with Crippen LogP contribution in [0.15, 0.2) is 36.4 Å². The molecule has 1 N–H and O–H groups in total. The number of nitrogens with zero attached hydrogens (tertiary/aromatic N) is 1. The smallest absolute Gasteiger partial charge is 0.387 e. The van der Waals surface area contributed by atoms with Gasteiger partial charge < -0.3 is 19.7 Å². The molecule has 0 radical (unpaired) electrons. The molecule has 2 rings (SSSR count). The molecule has 0 spiro atoms. The summed E-state index contributed by atoms with van der Waals surface area (Å²) in [4.78, 5) is 26.1. The minimum absolute atomic E-state index is 0.000568. The van der Waals surface area contributed by atoms with E-state index in [4.69, 9.17) is 4.74 Å². The molecule has 0 heterocycles. The van der Waals surface area contributed by atoms with Crippen molar-refractivity contribution in [1.82, 2.24) is 4.90 Å². The summed E-state index contributed by atoms with van der Waals surface area (Å²) < 4.78 is 34.1. The molecule has 0 aliphatic carbocycles. The highest BCUT2D eigenvalue weighted by Gasteiger charge is 2.19. The van der Waals surface area contributed by atoms with Crippen LogP contribution in [0.4, 0.5) is 14.5 Å². The molecular weight excluding hydrogens is 370 g/mol. The molecule has 2 amide bonds. The zero-order valence-corrected chi connectivity index (χ0v) is 16.1. The third kappa shape index (κ3) is 5.18. The van der Waals surface area contributed by atoms with E-state index in [1.807, 2.05) is 26.0 Å². The number of ether oxygens (including phenoxy) is 2. The van der Waals surface area contributed by atoms with Gasteiger partial charge in [-0.05, 0) is 49.2 Å². The summed E-state index contributed by atoms with van der Waals surface area (Å²) in [6.07, 6.45) is 0. The molecule has 8 heteroatoms. The minimum Gasteiger partial charge on any atom is -0.493 e. The molecule has 0 unspecified atom stereocenters. The molecule has 2 aromatic rings. The Balaban J connectivity index is 2.07. The van der Waals surface area contributed by atoms with Crippen molar-refractivity contribution < 1.29 is 27.8 Å². The van der Waals surface area contributed by atoms with Crippen LogP contribution in [0.2, 0.25) is 0 Å². The maximum absolute atomic E-state index is 12.6. The van der Waals surface area contributed by atoms with Crippen molar-refractivity contribution in [3.05, 3.63) is 53.1 Å². The molecular formula is C20H22F2N2O4. The lowest BCUT2D eigenvalue weighted by Crippen LogP contribution is -2.35. The maximum Gasteiger partial charge on any atom is 0.387 e. The summed E-state index contributed by atoms with van der Waals surface area (Å²) in [7, 11) is 2.75. The first-order valence-corrected chi connectivity index (χ1v) is 8.47. The molecule has 0 aromatic heterocycles. The second-order valence-corrected chi connectivity index (χ2v) is 6.20. The third-order valence-corrected chi connectivity index (χ3v) is 4.23. The Bertz CT molecular complexity index is 871. The van der Waals surface area contributed by atoms with Crippen molar-refractivity contribution in [2.24, 2.45) is 0 Å². The van der Waals surface area contributed by atoms with Gasteiger partial charge in [0, 0.05) is 18.3 Å². The summed E-state index contributed by atoms with van der Waals surface area (Å²) in [6.45, 7) is 0.654. The van der Waals surface area contributed by atoms with Crippen molar-refractivity contribution in [3.8, 4) is 11.5 Å². The van der Waals surface area contributed by atoms with Crippen LogP contribution in [0.1, 0.15) is 21.5 Å². The molecule has 28 heavy (non-hydrogen) atoms. The van der Waals surface area contributed by atoms with E-state index in [1.165, 1.54) is 37.3 Å². The summed E-state index contributed by atoms with van der Waals surface area (Å²) in [5.74, 6) is -0.990. The first-order valence-electron chi connectivity index (χ1n) is 8.47. The number of alkyl halides is 2. The number of hydrogen-bond acceptors (Lipinski definition) is 4. The Morgan fingerprint density at radius 2 is 1.86 bits per heavy atom. The lowest BCUT2D eigenvalue weighted by molar-refractivity contribution is -0.116. The standard InChI is InChI=1S/C20H22F2N2O4/c1-12-6-5-7-15(13(12)2)23-18(25)11-24(3)19(26)14-8-9-16(28-20(21)22)17(10-14)27-4/h5-10,20H,11H2,1-4H3,(H,23,25). The largest absolute Gasteiger partial charge is 0.493 e. The zero-order valence-electron chi connectivity index (χ0n) is 16.1. The second kappa shape index (κ2) is 9.16. The predicted octanol–water partition coefficient (Wildman–Crippen LogP) is 3.62. The second-order valence-electron chi connectivity index (χ2n) is 6.20. The van der Waals surface area contributed by atoms with Crippen molar-refractivity contribution in [3.63, 3.8) is 0 Å². The molecule has 2 aromatic carbocycles. The molecule has 150 valence electrons. The van der Waals surface area contributed by atoms with Crippen LogP contribution in [0.25, 0.3) is 0 Å². The number of benzene rings is 2. The number of methoxy groups -OCH3 is 1. The fraction of sp³-hybridized carbons (Fsp3) is 0.300. The van der Waals surface area contributed by atoms with Crippen LogP contribution < -0.4 is 14.8 Å². The van der Waals surface area contributed by atoms with Crippen LogP contribution in [0.5, 0.6) is 11.5 Å². The molecule has 6 nitrogen and oxygen atoms in total. The number of carbonyl (C=O) groups is 2. The molecule has 0 atom stereocenters. The highest BCUT2D eigenvalue weighted by molar-refractivity contribution is 5.99. The van der Waals surface area contributed by atoms with Crippen molar-refractivity contribution >= 4 is 17.5 Å². The predicted molar refractivity (Wildman–Crippen MR) is 101 cm³/mol. The minimum atomic E-state index is -3.01. The van der Waals surface area contributed by atoms with Crippen molar-refractivity contribution in [1.29, 1.82) is 0 Å². The molecule has 0 aliphatic heterocycles. The Morgan fingerprint density at radius 1 is 1.14 bits per heavy atom. The average molecular weight is 392 g/mol. The van der Waals surface area contributed by atoms with Gasteiger partial charge in [0.1, 0.15) is 0 Å². The van der Waals surface area contributed by atoms with Gasteiger partial charge in [-0.1, -0.05) is 12.1 Å². The van der Waals surface area contributed by atoms with E-state index >= 15 is 0 Å². The van der Waals surface area contributed by atoms with Gasteiger partial charge in [0.25, 0.3) is 5.91 Å². The number of nitrogens with one attached hydrogen (secondary N) is 1. The fourth-order valence-electron chi connectivity index (χ4n) is 2.58. The number of hydrogen-bond donors (Lipinski definition) is 1. The highest BCUT2D eigenvalue weighted by atomic mass is 19.3. The topological polar surface area (TPSA) is 67.9 Å². The van der Waals surface area contributed by atoms with E-state index in [1.54, 1.807) is 6.07 Å². The summed E-state index contributed by atoms with van der Waals surface area (Å²) in [5, 5.41) is 2.78. The van der Waals surface area contributed by atoms with Crippen LogP contribution in [0.3, 0.4) is 0 Å². The number of anilines is 1. The van der Waals surface area contributed by atoms with Gasteiger partial charge in [-0.25, -0.2) is 0 Å². The monoisotopic (exact) mass is 392 g/mol. The van der Waals surface area contributed by atoms with E-state index in [0.29, 0.717) is 5.69 Å². The van der Waals surface area contributed by atoms with Crippen LogP contribution in [0, 0.1) is 13.8 Å². The quantitative estimate of drug-likeness (QED) is 0.782. The number of amides is 2. The Morgan fingerprint density at radius 3 is 2.50 bits per heavy atom. The first-order chi connectivity index (χ1) is 13.2. The molecule has 0 aliphatic rings. The number of aryl methyl sites for hydroxylation is 1. The normalized spacial score (nSPS) is 10.5.